The lowest BCUT2D eigenvalue weighted by Crippen LogP contribution is -2.22. The molecule has 3 aromatic rings. The third kappa shape index (κ3) is 2.52. The quantitative estimate of drug-likeness (QED) is 0.623. The lowest BCUT2D eigenvalue weighted by atomic mass is 9.82. The van der Waals surface area contributed by atoms with Gasteiger partial charge in [0.15, 0.2) is 0 Å². The molecule has 3 N–H and O–H groups in total. The van der Waals surface area contributed by atoms with Crippen molar-refractivity contribution in [3.05, 3.63) is 80.0 Å². The highest BCUT2D eigenvalue weighted by molar-refractivity contribution is 6.31. The number of ether oxygens (including phenoxy) is 1. The molecule has 134 valence electrons. The number of rotatable bonds is 1. The van der Waals surface area contributed by atoms with Crippen LogP contribution in [0.2, 0.25) is 5.02 Å². The van der Waals surface area contributed by atoms with Gasteiger partial charge in [0.1, 0.15) is 28.7 Å². The first-order valence-corrected chi connectivity index (χ1v) is 8.42. The summed E-state index contributed by atoms with van der Waals surface area (Å²) < 4.78 is 10.9. The molecular formula is C20H13ClN2O4. The number of halogens is 1. The second-order valence-electron chi connectivity index (χ2n) is 6.21. The monoisotopic (exact) mass is 380 g/mol. The number of hydrogen-bond donors (Lipinski definition) is 2. The SMILES string of the molecule is Cc1cc(=O)oc2cc(O)c3c(c12)OC(N)=C(C#N)C3c1ccccc1Cl. The number of nitrogens with two attached hydrogens (primary N) is 1. The number of phenols is 1. The van der Waals surface area contributed by atoms with E-state index in [-0.39, 0.29) is 28.5 Å². The molecule has 0 bridgehead atoms. The van der Waals surface area contributed by atoms with E-state index >= 15 is 0 Å². The lowest BCUT2D eigenvalue weighted by Gasteiger charge is -2.28. The van der Waals surface area contributed by atoms with Crippen molar-refractivity contribution < 1.29 is 14.3 Å². The van der Waals surface area contributed by atoms with Crippen LogP contribution in [0.15, 0.2) is 57.1 Å². The van der Waals surface area contributed by atoms with Crippen molar-refractivity contribution in [1.82, 2.24) is 0 Å². The van der Waals surface area contributed by atoms with Crippen LogP contribution in [0.5, 0.6) is 11.5 Å². The maximum absolute atomic E-state index is 11.7. The topological polar surface area (TPSA) is 109 Å². The minimum atomic E-state index is -0.719. The van der Waals surface area contributed by atoms with Gasteiger partial charge in [0.05, 0.1) is 16.9 Å². The molecule has 4 rings (SSSR count). The van der Waals surface area contributed by atoms with Gasteiger partial charge >= 0.3 is 5.63 Å². The largest absolute Gasteiger partial charge is 0.507 e. The zero-order valence-corrected chi connectivity index (χ0v) is 14.9. The Labute approximate surface area is 158 Å². The fourth-order valence-electron chi connectivity index (χ4n) is 3.45. The molecule has 7 heteroatoms. The average molecular weight is 381 g/mol. The summed E-state index contributed by atoms with van der Waals surface area (Å²) in [5.74, 6) is -0.750. The van der Waals surface area contributed by atoms with Crippen molar-refractivity contribution in [2.75, 3.05) is 0 Å². The van der Waals surface area contributed by atoms with Crippen LogP contribution in [0.4, 0.5) is 0 Å². The van der Waals surface area contributed by atoms with Crippen LogP contribution in [0.25, 0.3) is 11.0 Å². The van der Waals surface area contributed by atoms with Gasteiger partial charge in [-0.2, -0.15) is 5.26 Å². The van der Waals surface area contributed by atoms with Gasteiger partial charge in [-0.05, 0) is 24.1 Å². The van der Waals surface area contributed by atoms with Gasteiger partial charge in [-0.3, -0.25) is 0 Å². The van der Waals surface area contributed by atoms with E-state index < -0.39 is 11.5 Å². The molecule has 0 aliphatic carbocycles. The van der Waals surface area contributed by atoms with Crippen molar-refractivity contribution in [3.63, 3.8) is 0 Å². The van der Waals surface area contributed by atoms with Crippen LogP contribution in [-0.2, 0) is 0 Å². The van der Waals surface area contributed by atoms with Crippen LogP contribution in [0.1, 0.15) is 22.6 Å². The number of aromatic hydroxyl groups is 1. The zero-order valence-electron chi connectivity index (χ0n) is 14.1. The third-order valence-corrected chi connectivity index (χ3v) is 4.94. The van der Waals surface area contributed by atoms with E-state index in [1.807, 2.05) is 0 Å². The molecule has 1 unspecified atom stereocenters. The molecule has 0 saturated carbocycles. The summed E-state index contributed by atoms with van der Waals surface area (Å²) in [6.45, 7) is 1.73. The van der Waals surface area contributed by atoms with Crippen LogP contribution in [0.3, 0.4) is 0 Å². The molecule has 0 fully saturated rings. The Kier molecular flexibility index (Phi) is 3.83. The van der Waals surface area contributed by atoms with E-state index in [1.165, 1.54) is 12.1 Å². The summed E-state index contributed by atoms with van der Waals surface area (Å²) in [6.07, 6.45) is 0. The Balaban J connectivity index is 2.15. The number of benzene rings is 2. The summed E-state index contributed by atoms with van der Waals surface area (Å²) in [4.78, 5) is 11.7. The van der Waals surface area contributed by atoms with Gasteiger partial charge in [-0.25, -0.2) is 4.79 Å². The third-order valence-electron chi connectivity index (χ3n) is 4.59. The molecule has 2 heterocycles. The standard InChI is InChI=1S/C20H13ClN2O4/c1-9-6-15(25)26-14-7-13(24)18-17(10-4-2-3-5-12(10)21)11(8-22)20(23)27-19(18)16(9)14/h2-7,17,24H,23H2,1H3. The van der Waals surface area contributed by atoms with E-state index in [1.54, 1.807) is 31.2 Å². The Morgan fingerprint density at radius 1 is 1.30 bits per heavy atom. The van der Waals surface area contributed by atoms with Crippen LogP contribution < -0.4 is 16.1 Å². The van der Waals surface area contributed by atoms with Gasteiger partial charge in [0, 0.05) is 17.2 Å². The molecule has 6 nitrogen and oxygen atoms in total. The Bertz CT molecular complexity index is 1240. The molecule has 0 saturated heterocycles. The number of nitrogens with zero attached hydrogens (tertiary/aromatic N) is 1. The molecule has 0 radical (unpaired) electrons. The van der Waals surface area contributed by atoms with Gasteiger partial charge in [-0.1, -0.05) is 29.8 Å². The number of phenolic OH excluding ortho intramolecular Hbond substituents is 1. The van der Waals surface area contributed by atoms with E-state index in [0.29, 0.717) is 27.1 Å². The highest BCUT2D eigenvalue weighted by Gasteiger charge is 2.36. The van der Waals surface area contributed by atoms with E-state index in [2.05, 4.69) is 6.07 Å². The number of aryl methyl sites for hydroxylation is 1. The zero-order chi connectivity index (χ0) is 19.3. The summed E-state index contributed by atoms with van der Waals surface area (Å²) in [7, 11) is 0. The maximum Gasteiger partial charge on any atom is 0.336 e. The van der Waals surface area contributed by atoms with Crippen LogP contribution in [-0.4, -0.2) is 5.11 Å². The lowest BCUT2D eigenvalue weighted by molar-refractivity contribution is 0.385. The first kappa shape index (κ1) is 17.0. The summed E-state index contributed by atoms with van der Waals surface area (Å²) in [6, 6.07) is 11.7. The normalized spacial score (nSPS) is 16.0. The molecule has 1 aromatic heterocycles. The first-order valence-electron chi connectivity index (χ1n) is 8.04. The molecular weight excluding hydrogens is 368 g/mol. The Morgan fingerprint density at radius 3 is 2.74 bits per heavy atom. The summed E-state index contributed by atoms with van der Waals surface area (Å²) in [5, 5.41) is 21.3. The molecule has 2 aromatic carbocycles. The number of hydrogen-bond acceptors (Lipinski definition) is 6. The highest BCUT2D eigenvalue weighted by atomic mass is 35.5. The minimum Gasteiger partial charge on any atom is -0.507 e. The van der Waals surface area contributed by atoms with Crippen molar-refractivity contribution >= 4 is 22.6 Å². The van der Waals surface area contributed by atoms with Crippen LogP contribution >= 0.6 is 11.6 Å². The minimum absolute atomic E-state index is 0.0904. The van der Waals surface area contributed by atoms with Crippen molar-refractivity contribution in [1.29, 1.82) is 5.26 Å². The number of nitriles is 1. The summed E-state index contributed by atoms with van der Waals surface area (Å²) in [5.41, 5.74) is 7.34. The molecule has 0 spiro atoms. The van der Waals surface area contributed by atoms with Crippen molar-refractivity contribution in [2.24, 2.45) is 5.73 Å². The fourth-order valence-corrected chi connectivity index (χ4v) is 3.70. The molecule has 0 amide bonds. The second-order valence-corrected chi connectivity index (χ2v) is 6.61. The van der Waals surface area contributed by atoms with E-state index in [4.69, 9.17) is 26.5 Å². The van der Waals surface area contributed by atoms with E-state index in [9.17, 15) is 15.2 Å². The summed E-state index contributed by atoms with van der Waals surface area (Å²) >= 11 is 6.36. The maximum atomic E-state index is 11.7. The predicted octanol–water partition coefficient (Wildman–Crippen LogP) is 3.68. The molecule has 1 aliphatic heterocycles. The van der Waals surface area contributed by atoms with Gasteiger partial charge in [0.2, 0.25) is 5.88 Å². The van der Waals surface area contributed by atoms with Crippen molar-refractivity contribution in [2.45, 2.75) is 12.8 Å². The van der Waals surface area contributed by atoms with Gasteiger partial charge in [-0.15, -0.1) is 0 Å². The molecule has 1 atom stereocenters. The second kappa shape index (κ2) is 6.08. The first-order chi connectivity index (χ1) is 12.9. The number of fused-ring (bicyclic) bond motifs is 3. The van der Waals surface area contributed by atoms with Gasteiger partial charge < -0.3 is 20.0 Å². The van der Waals surface area contributed by atoms with Crippen molar-refractivity contribution in [3.8, 4) is 17.6 Å². The molecule has 27 heavy (non-hydrogen) atoms. The average Bonchev–Trinajstić information content (AvgIpc) is 2.60. The Morgan fingerprint density at radius 2 is 2.04 bits per heavy atom. The van der Waals surface area contributed by atoms with Crippen LogP contribution in [0, 0.1) is 18.3 Å². The van der Waals surface area contributed by atoms with Gasteiger partial charge in [0.25, 0.3) is 0 Å². The Hall–Kier alpha value is -3.43. The molecule has 1 aliphatic rings. The van der Waals surface area contributed by atoms with E-state index in [0.717, 1.165) is 0 Å². The number of allylic oxidation sites excluding steroid dienone is 1. The predicted molar refractivity (Wildman–Crippen MR) is 99.6 cm³/mol. The fraction of sp³-hybridized carbons (Fsp3) is 0.100. The highest BCUT2D eigenvalue weighted by Crippen LogP contribution is 2.51. The smallest absolute Gasteiger partial charge is 0.336 e.